The van der Waals surface area contributed by atoms with E-state index in [4.69, 9.17) is 9.47 Å². The van der Waals surface area contributed by atoms with Crippen molar-refractivity contribution in [2.75, 3.05) is 0 Å². The Kier molecular flexibility index (Phi) is 3.37. The van der Waals surface area contributed by atoms with E-state index in [2.05, 4.69) is 72.1 Å². The van der Waals surface area contributed by atoms with Gasteiger partial charge in [-0.3, -0.25) is 0 Å². The van der Waals surface area contributed by atoms with Gasteiger partial charge in [-0.15, -0.1) is 0 Å². The van der Waals surface area contributed by atoms with Gasteiger partial charge in [0.15, 0.2) is 0 Å². The SMILES string of the molecule is Brc1ccc2c(c1)Oc1cc(Br)cc3c1B2c1ccc(Br)cc1O3. The topological polar surface area (TPSA) is 18.5 Å². The van der Waals surface area contributed by atoms with Crippen molar-refractivity contribution >= 4 is 70.9 Å². The van der Waals surface area contributed by atoms with Gasteiger partial charge in [0.2, 0.25) is 0 Å². The lowest BCUT2D eigenvalue weighted by atomic mass is 9.35. The molecule has 24 heavy (non-hydrogen) atoms. The van der Waals surface area contributed by atoms with Crippen LogP contribution in [0.2, 0.25) is 0 Å². The van der Waals surface area contributed by atoms with E-state index < -0.39 is 0 Å². The predicted molar refractivity (Wildman–Crippen MR) is 107 cm³/mol. The zero-order chi connectivity index (χ0) is 16.4. The highest BCUT2D eigenvalue weighted by Gasteiger charge is 2.40. The highest BCUT2D eigenvalue weighted by atomic mass is 79.9. The smallest absolute Gasteiger partial charge is 0.260 e. The zero-order valence-corrected chi connectivity index (χ0v) is 16.9. The summed E-state index contributed by atoms with van der Waals surface area (Å²) in [6, 6.07) is 16.4. The maximum absolute atomic E-state index is 6.18. The van der Waals surface area contributed by atoms with Crippen LogP contribution in [0.3, 0.4) is 0 Å². The summed E-state index contributed by atoms with van der Waals surface area (Å²) < 4.78 is 15.3. The van der Waals surface area contributed by atoms with E-state index in [1.807, 2.05) is 24.3 Å². The van der Waals surface area contributed by atoms with Crippen molar-refractivity contribution in [2.24, 2.45) is 0 Å². The van der Waals surface area contributed by atoms with Crippen molar-refractivity contribution in [3.8, 4) is 23.0 Å². The summed E-state index contributed by atoms with van der Waals surface area (Å²) in [7, 11) is 0. The molecule has 0 saturated heterocycles. The minimum absolute atomic E-state index is 0.108. The normalized spacial score (nSPS) is 13.4. The van der Waals surface area contributed by atoms with Crippen LogP contribution in [-0.4, -0.2) is 6.71 Å². The van der Waals surface area contributed by atoms with Crippen molar-refractivity contribution in [1.82, 2.24) is 0 Å². The number of hydrogen-bond acceptors (Lipinski definition) is 2. The van der Waals surface area contributed by atoms with E-state index in [0.717, 1.165) is 52.8 Å². The Labute approximate surface area is 164 Å². The fourth-order valence-corrected chi connectivity index (χ4v) is 4.50. The Morgan fingerprint density at radius 3 is 1.54 bits per heavy atom. The molecule has 0 aliphatic carbocycles. The van der Waals surface area contributed by atoms with Crippen molar-refractivity contribution in [3.63, 3.8) is 0 Å². The third kappa shape index (κ3) is 2.20. The van der Waals surface area contributed by atoms with E-state index in [9.17, 15) is 0 Å². The molecule has 0 atom stereocenters. The highest BCUT2D eigenvalue weighted by Crippen LogP contribution is 2.37. The summed E-state index contributed by atoms with van der Waals surface area (Å²) in [5.41, 5.74) is 3.39. The number of hydrogen-bond donors (Lipinski definition) is 0. The van der Waals surface area contributed by atoms with Crippen LogP contribution >= 0.6 is 47.8 Å². The number of ether oxygens (including phenoxy) is 2. The van der Waals surface area contributed by atoms with E-state index in [1.54, 1.807) is 0 Å². The van der Waals surface area contributed by atoms with Crippen molar-refractivity contribution in [3.05, 3.63) is 61.9 Å². The van der Waals surface area contributed by atoms with Crippen LogP contribution in [0.25, 0.3) is 0 Å². The first-order valence-electron chi connectivity index (χ1n) is 7.38. The van der Waals surface area contributed by atoms with Crippen LogP contribution < -0.4 is 25.9 Å². The maximum Gasteiger partial charge on any atom is 0.260 e. The molecule has 5 rings (SSSR count). The standard InChI is InChI=1S/C18H8BBr3O2/c20-9-1-3-12-14(5-9)23-16-7-11(22)8-17-18(16)19(12)13-4-2-10(21)6-15(13)24-17/h1-8H. The minimum atomic E-state index is 0.108. The molecule has 0 fully saturated rings. The van der Waals surface area contributed by atoms with E-state index >= 15 is 0 Å². The average Bonchev–Trinajstić information content (AvgIpc) is 2.53. The Bertz CT molecular complexity index is 943. The van der Waals surface area contributed by atoms with Gasteiger partial charge in [-0.05, 0) is 47.3 Å². The molecule has 0 amide bonds. The molecule has 0 bridgehead atoms. The molecule has 0 spiro atoms. The highest BCUT2D eigenvalue weighted by molar-refractivity contribution is 9.11. The fourth-order valence-electron chi connectivity index (χ4n) is 3.41. The van der Waals surface area contributed by atoms with Crippen LogP contribution in [0, 0.1) is 0 Å². The molecule has 0 N–H and O–H groups in total. The molecule has 2 aliphatic rings. The Balaban J connectivity index is 1.85. The van der Waals surface area contributed by atoms with Crippen molar-refractivity contribution in [1.29, 1.82) is 0 Å². The largest absolute Gasteiger partial charge is 0.458 e. The van der Waals surface area contributed by atoms with E-state index in [-0.39, 0.29) is 6.71 Å². The zero-order valence-electron chi connectivity index (χ0n) is 12.1. The molecule has 2 aliphatic heterocycles. The van der Waals surface area contributed by atoms with Gasteiger partial charge in [-0.2, -0.15) is 0 Å². The molecule has 0 radical (unpaired) electrons. The number of halogens is 3. The summed E-state index contributed by atoms with van der Waals surface area (Å²) in [6.45, 7) is 0.108. The van der Waals surface area contributed by atoms with Crippen LogP contribution in [0.4, 0.5) is 0 Å². The lowest BCUT2D eigenvalue weighted by Crippen LogP contribution is -2.57. The first-order valence-corrected chi connectivity index (χ1v) is 9.76. The Morgan fingerprint density at radius 2 is 1.04 bits per heavy atom. The molecular formula is C18H8BBr3O2. The Morgan fingerprint density at radius 1 is 0.583 bits per heavy atom. The first-order chi connectivity index (χ1) is 11.6. The summed E-state index contributed by atoms with van der Waals surface area (Å²) in [4.78, 5) is 0. The van der Waals surface area contributed by atoms with Crippen molar-refractivity contribution < 1.29 is 9.47 Å². The molecule has 6 heteroatoms. The summed E-state index contributed by atoms with van der Waals surface area (Å²) in [5.74, 6) is 3.43. The molecular weight excluding hydrogens is 499 g/mol. The average molecular weight is 507 g/mol. The molecule has 0 unspecified atom stereocenters. The molecule has 3 aromatic carbocycles. The van der Waals surface area contributed by atoms with Gasteiger partial charge in [-0.1, -0.05) is 59.9 Å². The molecule has 2 nitrogen and oxygen atoms in total. The first kappa shape index (κ1) is 15.1. The number of fused-ring (bicyclic) bond motifs is 4. The summed E-state index contributed by atoms with van der Waals surface area (Å²) in [6.07, 6.45) is 0. The monoisotopic (exact) mass is 504 g/mol. The molecule has 0 aromatic heterocycles. The molecule has 116 valence electrons. The molecule has 3 aromatic rings. The predicted octanol–water partition coefficient (Wildman–Crippen LogP) is 4.70. The summed E-state index contributed by atoms with van der Waals surface area (Å²) in [5, 5.41) is 0. The van der Waals surface area contributed by atoms with E-state index in [0.29, 0.717) is 0 Å². The third-order valence-corrected chi connectivity index (χ3v) is 5.81. The second kappa shape index (κ2) is 5.38. The maximum atomic E-state index is 6.18. The van der Waals surface area contributed by atoms with Gasteiger partial charge >= 0.3 is 0 Å². The van der Waals surface area contributed by atoms with Gasteiger partial charge in [0.1, 0.15) is 23.0 Å². The number of rotatable bonds is 0. The minimum Gasteiger partial charge on any atom is -0.458 e. The second-order valence-electron chi connectivity index (χ2n) is 5.82. The Hall–Kier alpha value is -1.24. The van der Waals surface area contributed by atoms with Gasteiger partial charge in [0.25, 0.3) is 6.71 Å². The summed E-state index contributed by atoms with van der Waals surface area (Å²) >= 11 is 10.6. The third-order valence-electron chi connectivity index (χ3n) is 4.37. The quantitative estimate of drug-likeness (QED) is 0.284. The van der Waals surface area contributed by atoms with Crippen LogP contribution in [-0.2, 0) is 0 Å². The molecule has 0 saturated carbocycles. The number of benzene rings is 3. The van der Waals surface area contributed by atoms with Crippen LogP contribution in [0.5, 0.6) is 23.0 Å². The van der Waals surface area contributed by atoms with Gasteiger partial charge < -0.3 is 9.47 Å². The van der Waals surface area contributed by atoms with Crippen molar-refractivity contribution in [2.45, 2.75) is 0 Å². The van der Waals surface area contributed by atoms with Crippen LogP contribution in [0.15, 0.2) is 61.9 Å². The van der Waals surface area contributed by atoms with Crippen LogP contribution in [0.1, 0.15) is 0 Å². The fraction of sp³-hybridized carbons (Fsp3) is 0. The lowest BCUT2D eigenvalue weighted by molar-refractivity contribution is 0.463. The second-order valence-corrected chi connectivity index (χ2v) is 8.56. The van der Waals surface area contributed by atoms with E-state index in [1.165, 1.54) is 0 Å². The molecule has 2 heterocycles. The van der Waals surface area contributed by atoms with Gasteiger partial charge in [0.05, 0.1) is 0 Å². The van der Waals surface area contributed by atoms with Gasteiger partial charge in [0, 0.05) is 18.9 Å². The van der Waals surface area contributed by atoms with Gasteiger partial charge in [-0.25, -0.2) is 0 Å². The lowest BCUT2D eigenvalue weighted by Gasteiger charge is -2.33.